The predicted molar refractivity (Wildman–Crippen MR) is 115 cm³/mol. The molecule has 162 valence electrons. The lowest BCUT2D eigenvalue weighted by molar-refractivity contribution is 0.0827. The first kappa shape index (κ1) is 22.6. The van der Waals surface area contributed by atoms with Crippen LogP contribution in [-0.4, -0.2) is 34.5 Å². The average Bonchev–Trinajstić information content (AvgIpc) is 2.73. The summed E-state index contributed by atoms with van der Waals surface area (Å²) in [5.41, 5.74) is 1.50. The van der Waals surface area contributed by atoms with Crippen LogP contribution in [0.3, 0.4) is 0 Å². The van der Waals surface area contributed by atoms with Gasteiger partial charge in [-0.1, -0.05) is 0 Å². The van der Waals surface area contributed by atoms with E-state index in [2.05, 4.69) is 20.9 Å². The first-order valence-corrected chi connectivity index (χ1v) is 10.1. The second-order valence-electron chi connectivity index (χ2n) is 7.12. The van der Waals surface area contributed by atoms with Gasteiger partial charge in [-0.15, -0.1) is 0 Å². The molecule has 6 nitrogen and oxygen atoms in total. The minimum atomic E-state index is -0.719. The summed E-state index contributed by atoms with van der Waals surface area (Å²) < 4.78 is 34.1. The van der Waals surface area contributed by atoms with Crippen molar-refractivity contribution in [3.05, 3.63) is 91.6 Å². The molecule has 0 unspecified atom stereocenters. The Morgan fingerprint density at radius 3 is 2.55 bits per heavy atom. The molecule has 0 aliphatic heterocycles. The molecule has 0 spiro atoms. The van der Waals surface area contributed by atoms with E-state index < -0.39 is 11.6 Å². The number of pyridine rings is 2. The molecule has 0 fully saturated rings. The molecule has 0 bridgehead atoms. The number of hydrogen-bond acceptors (Lipinski definition) is 4. The Hall–Kier alpha value is -3.07. The highest BCUT2D eigenvalue weighted by atomic mass is 79.9. The second-order valence-corrected chi connectivity index (χ2v) is 7.91. The van der Waals surface area contributed by atoms with Gasteiger partial charge in [0.25, 0.3) is 11.5 Å². The van der Waals surface area contributed by atoms with Crippen LogP contribution >= 0.6 is 15.9 Å². The maximum atomic E-state index is 13.8. The highest BCUT2D eigenvalue weighted by Gasteiger charge is 2.15. The largest absolute Gasteiger partial charge is 0.487 e. The molecule has 1 aromatic carbocycles. The van der Waals surface area contributed by atoms with Crippen molar-refractivity contribution in [1.29, 1.82) is 0 Å². The van der Waals surface area contributed by atoms with Crippen LogP contribution in [0.4, 0.5) is 8.78 Å². The van der Waals surface area contributed by atoms with E-state index in [1.807, 2.05) is 0 Å². The number of ether oxygens (including phenoxy) is 1. The van der Waals surface area contributed by atoms with Gasteiger partial charge in [-0.2, -0.15) is 0 Å². The van der Waals surface area contributed by atoms with Crippen molar-refractivity contribution in [1.82, 2.24) is 14.5 Å². The number of aromatic nitrogens is 2. The fraction of sp³-hybridized carbons (Fsp3) is 0.227. The summed E-state index contributed by atoms with van der Waals surface area (Å²) in [6, 6.07) is 8.22. The zero-order chi connectivity index (χ0) is 22.7. The Kier molecular flexibility index (Phi) is 6.84. The van der Waals surface area contributed by atoms with Gasteiger partial charge in [0.1, 0.15) is 28.5 Å². The van der Waals surface area contributed by atoms with Crippen LogP contribution in [0.5, 0.6) is 5.75 Å². The van der Waals surface area contributed by atoms with Gasteiger partial charge < -0.3 is 14.2 Å². The van der Waals surface area contributed by atoms with Crippen molar-refractivity contribution in [2.75, 3.05) is 14.1 Å². The molecule has 0 atom stereocenters. The molecule has 0 saturated heterocycles. The number of carbonyl (C=O) groups excluding carboxylic acids is 1. The van der Waals surface area contributed by atoms with Gasteiger partial charge in [-0.05, 0) is 47.1 Å². The summed E-state index contributed by atoms with van der Waals surface area (Å²) in [4.78, 5) is 30.5. The smallest absolute Gasteiger partial charge is 0.269 e. The average molecular weight is 492 g/mol. The van der Waals surface area contributed by atoms with Crippen molar-refractivity contribution in [3.63, 3.8) is 0 Å². The van der Waals surface area contributed by atoms with Crippen LogP contribution in [-0.2, 0) is 13.2 Å². The molecule has 9 heteroatoms. The van der Waals surface area contributed by atoms with Crippen LogP contribution in [0.1, 0.15) is 27.3 Å². The van der Waals surface area contributed by atoms with E-state index in [4.69, 9.17) is 4.74 Å². The van der Waals surface area contributed by atoms with Gasteiger partial charge in [0.05, 0.1) is 17.8 Å². The van der Waals surface area contributed by atoms with Crippen LogP contribution in [0.15, 0.2) is 51.9 Å². The molecular weight excluding hydrogens is 472 g/mol. The monoisotopic (exact) mass is 491 g/mol. The molecule has 0 aliphatic carbocycles. The minimum absolute atomic E-state index is 0.156. The number of hydrogen-bond donors (Lipinski definition) is 0. The summed E-state index contributed by atoms with van der Waals surface area (Å²) in [6.45, 7) is 1.78. The van der Waals surface area contributed by atoms with Crippen LogP contribution in [0.25, 0.3) is 0 Å². The quantitative estimate of drug-likeness (QED) is 0.524. The molecule has 2 aromatic heterocycles. The number of benzene rings is 1. The van der Waals surface area contributed by atoms with E-state index >= 15 is 0 Å². The van der Waals surface area contributed by atoms with E-state index in [0.29, 0.717) is 17.0 Å². The highest BCUT2D eigenvalue weighted by molar-refractivity contribution is 9.10. The topological polar surface area (TPSA) is 64.4 Å². The summed E-state index contributed by atoms with van der Waals surface area (Å²) in [5, 5.41) is 0. The third kappa shape index (κ3) is 5.16. The first-order valence-electron chi connectivity index (χ1n) is 9.30. The normalized spacial score (nSPS) is 10.8. The number of halogens is 3. The second kappa shape index (κ2) is 9.38. The summed E-state index contributed by atoms with van der Waals surface area (Å²) in [5.74, 6) is -1.30. The summed E-state index contributed by atoms with van der Waals surface area (Å²) >= 11 is 3.25. The Bertz CT molecular complexity index is 1180. The lowest BCUT2D eigenvalue weighted by Gasteiger charge is -2.15. The van der Waals surface area contributed by atoms with Crippen molar-refractivity contribution in [2.24, 2.45) is 0 Å². The van der Waals surface area contributed by atoms with E-state index in [9.17, 15) is 18.4 Å². The van der Waals surface area contributed by atoms with Gasteiger partial charge in [-0.3, -0.25) is 14.6 Å². The Labute approximate surface area is 186 Å². The molecule has 0 N–H and O–H groups in total. The summed E-state index contributed by atoms with van der Waals surface area (Å²) in [7, 11) is 3.32. The van der Waals surface area contributed by atoms with Gasteiger partial charge in [-0.25, -0.2) is 8.78 Å². The molecule has 1 amide bonds. The van der Waals surface area contributed by atoms with Crippen LogP contribution in [0.2, 0.25) is 0 Å². The van der Waals surface area contributed by atoms with Crippen molar-refractivity contribution in [2.45, 2.75) is 20.1 Å². The highest BCUT2D eigenvalue weighted by Crippen LogP contribution is 2.24. The Morgan fingerprint density at radius 2 is 1.94 bits per heavy atom. The maximum absolute atomic E-state index is 13.8. The maximum Gasteiger partial charge on any atom is 0.269 e. The van der Waals surface area contributed by atoms with Crippen molar-refractivity contribution >= 4 is 21.8 Å². The molecule has 3 rings (SSSR count). The number of amides is 1. The fourth-order valence-electron chi connectivity index (χ4n) is 2.88. The molecule has 3 aromatic rings. The minimum Gasteiger partial charge on any atom is -0.487 e. The molecule has 0 saturated carbocycles. The van der Waals surface area contributed by atoms with Crippen molar-refractivity contribution < 1.29 is 18.3 Å². The molecule has 2 heterocycles. The zero-order valence-corrected chi connectivity index (χ0v) is 18.7. The van der Waals surface area contributed by atoms with Crippen LogP contribution < -0.4 is 10.3 Å². The Morgan fingerprint density at radius 1 is 1.19 bits per heavy atom. The lowest BCUT2D eigenvalue weighted by Crippen LogP contribution is -2.25. The van der Waals surface area contributed by atoms with Gasteiger partial charge >= 0.3 is 0 Å². The number of nitrogens with zero attached hydrogens (tertiary/aromatic N) is 3. The molecule has 31 heavy (non-hydrogen) atoms. The van der Waals surface area contributed by atoms with Crippen molar-refractivity contribution in [3.8, 4) is 5.75 Å². The van der Waals surface area contributed by atoms with Crippen LogP contribution in [0, 0.1) is 18.6 Å². The van der Waals surface area contributed by atoms with E-state index in [-0.39, 0.29) is 40.4 Å². The van der Waals surface area contributed by atoms with Gasteiger partial charge in [0.15, 0.2) is 0 Å². The third-order valence-corrected chi connectivity index (χ3v) is 5.34. The third-order valence-electron chi connectivity index (χ3n) is 4.61. The Balaban J connectivity index is 1.80. The fourth-order valence-corrected chi connectivity index (χ4v) is 3.32. The van der Waals surface area contributed by atoms with E-state index in [1.165, 1.54) is 21.7 Å². The predicted octanol–water partition coefficient (Wildman–Crippen LogP) is 3.92. The standard InChI is InChI=1S/C22H20BrF2N3O3/c1-13-8-19(31-12-15-4-6-16(24)9-18(15)25)20(23)22(30)28(13)11-17-7-5-14(10-26-17)21(29)27(2)3/h4-10H,11-12H2,1-3H3. The molecule has 0 aliphatic rings. The van der Waals surface area contributed by atoms with E-state index in [1.54, 1.807) is 39.2 Å². The van der Waals surface area contributed by atoms with Gasteiger partial charge in [0.2, 0.25) is 0 Å². The van der Waals surface area contributed by atoms with Gasteiger partial charge in [0, 0.05) is 43.7 Å². The first-order chi connectivity index (χ1) is 14.7. The lowest BCUT2D eigenvalue weighted by atomic mass is 10.2. The zero-order valence-electron chi connectivity index (χ0n) is 17.2. The number of rotatable bonds is 6. The number of aryl methyl sites for hydroxylation is 1. The SMILES string of the molecule is Cc1cc(OCc2ccc(F)cc2F)c(Br)c(=O)n1Cc1ccc(C(=O)N(C)C)cn1. The summed E-state index contributed by atoms with van der Waals surface area (Å²) in [6.07, 6.45) is 1.47. The molecule has 0 radical (unpaired) electrons. The number of carbonyl (C=O) groups is 1. The van der Waals surface area contributed by atoms with E-state index in [0.717, 1.165) is 12.1 Å². The molecular formula is C22H20BrF2N3O3.